The molecule has 1 saturated heterocycles. The van der Waals surface area contributed by atoms with Gasteiger partial charge in [0.2, 0.25) is 0 Å². The maximum Gasteiger partial charge on any atom is 0.335 e. The standard InChI is InChI=1S/C15H19N3O2/c1-17-4-6-18(7-5-17)10-13-8-11-2-3-12(15(19)20)9-14(11)16-13/h2-3,8-9,16H,4-7,10H2,1H3,(H,19,20). The number of piperazine rings is 1. The van der Waals surface area contributed by atoms with Crippen molar-refractivity contribution in [3.63, 3.8) is 0 Å². The Morgan fingerprint density at radius 1 is 1.25 bits per heavy atom. The third kappa shape index (κ3) is 2.69. The van der Waals surface area contributed by atoms with E-state index in [1.807, 2.05) is 6.07 Å². The molecule has 1 aliphatic rings. The van der Waals surface area contributed by atoms with Crippen molar-refractivity contribution >= 4 is 16.9 Å². The normalized spacial score (nSPS) is 17.6. The number of hydrogen-bond donors (Lipinski definition) is 2. The van der Waals surface area contributed by atoms with Crippen molar-refractivity contribution in [2.45, 2.75) is 6.54 Å². The van der Waals surface area contributed by atoms with Gasteiger partial charge in [0.25, 0.3) is 0 Å². The van der Waals surface area contributed by atoms with Crippen molar-refractivity contribution in [1.29, 1.82) is 0 Å². The summed E-state index contributed by atoms with van der Waals surface area (Å²) >= 11 is 0. The number of rotatable bonds is 3. The highest BCUT2D eigenvalue weighted by Crippen LogP contribution is 2.18. The van der Waals surface area contributed by atoms with E-state index in [4.69, 9.17) is 5.11 Å². The van der Waals surface area contributed by atoms with Gasteiger partial charge in [0.1, 0.15) is 0 Å². The predicted octanol–water partition coefficient (Wildman–Crippen LogP) is 1.61. The van der Waals surface area contributed by atoms with E-state index in [0.29, 0.717) is 5.56 Å². The first kappa shape index (κ1) is 13.1. The average molecular weight is 273 g/mol. The summed E-state index contributed by atoms with van der Waals surface area (Å²) in [5, 5.41) is 10.1. The summed E-state index contributed by atoms with van der Waals surface area (Å²) in [5.41, 5.74) is 2.37. The molecule has 1 fully saturated rings. The van der Waals surface area contributed by atoms with Crippen LogP contribution in [0.5, 0.6) is 0 Å². The van der Waals surface area contributed by atoms with Crippen LogP contribution in [0.3, 0.4) is 0 Å². The minimum Gasteiger partial charge on any atom is -0.478 e. The van der Waals surface area contributed by atoms with Gasteiger partial charge in [0.05, 0.1) is 5.56 Å². The SMILES string of the molecule is CN1CCN(Cc2cc3ccc(C(=O)O)cc3[nH]2)CC1. The Hall–Kier alpha value is -1.85. The van der Waals surface area contributed by atoms with E-state index in [-0.39, 0.29) is 0 Å². The molecular formula is C15H19N3O2. The highest BCUT2D eigenvalue weighted by molar-refractivity contribution is 5.93. The first-order valence-electron chi connectivity index (χ1n) is 6.88. The zero-order valence-electron chi connectivity index (χ0n) is 11.6. The number of nitrogens with one attached hydrogen (secondary N) is 1. The molecule has 1 aromatic heterocycles. The number of aromatic amines is 1. The van der Waals surface area contributed by atoms with Crippen LogP contribution >= 0.6 is 0 Å². The van der Waals surface area contributed by atoms with E-state index in [1.165, 1.54) is 0 Å². The number of benzene rings is 1. The fourth-order valence-electron chi connectivity index (χ4n) is 2.65. The molecule has 0 saturated carbocycles. The molecule has 1 aliphatic heterocycles. The number of carboxylic acids is 1. The minimum atomic E-state index is -0.887. The smallest absolute Gasteiger partial charge is 0.335 e. The molecule has 5 heteroatoms. The molecule has 0 bridgehead atoms. The van der Waals surface area contributed by atoms with Crippen LogP contribution < -0.4 is 0 Å². The van der Waals surface area contributed by atoms with Crippen molar-refractivity contribution in [2.75, 3.05) is 33.2 Å². The number of H-pyrrole nitrogens is 1. The first-order chi connectivity index (χ1) is 9.61. The van der Waals surface area contributed by atoms with Crippen LogP contribution in [0.2, 0.25) is 0 Å². The summed E-state index contributed by atoms with van der Waals surface area (Å²) in [6.07, 6.45) is 0. The monoisotopic (exact) mass is 273 g/mol. The molecule has 2 heterocycles. The van der Waals surface area contributed by atoms with Crippen LogP contribution in [0.1, 0.15) is 16.1 Å². The molecule has 0 atom stereocenters. The number of aromatic carboxylic acids is 1. The van der Waals surface area contributed by atoms with Gasteiger partial charge in [-0.05, 0) is 30.6 Å². The van der Waals surface area contributed by atoms with Crippen molar-refractivity contribution < 1.29 is 9.90 Å². The number of carboxylic acid groups (broad SMARTS) is 1. The molecule has 0 unspecified atom stereocenters. The van der Waals surface area contributed by atoms with Crippen molar-refractivity contribution in [3.8, 4) is 0 Å². The van der Waals surface area contributed by atoms with Gasteiger partial charge < -0.3 is 15.0 Å². The molecule has 20 heavy (non-hydrogen) atoms. The van der Waals surface area contributed by atoms with Crippen molar-refractivity contribution in [2.24, 2.45) is 0 Å². The average Bonchev–Trinajstić information content (AvgIpc) is 2.82. The molecule has 0 amide bonds. The second-order valence-electron chi connectivity index (χ2n) is 5.48. The Bertz CT molecular complexity index is 627. The molecular weight excluding hydrogens is 254 g/mol. The summed E-state index contributed by atoms with van der Waals surface area (Å²) in [6, 6.07) is 7.32. The zero-order chi connectivity index (χ0) is 14.1. The molecule has 0 aliphatic carbocycles. The summed E-state index contributed by atoms with van der Waals surface area (Å²) in [7, 11) is 2.15. The number of aromatic nitrogens is 1. The summed E-state index contributed by atoms with van der Waals surface area (Å²) in [5.74, 6) is -0.887. The topological polar surface area (TPSA) is 59.6 Å². The van der Waals surface area contributed by atoms with Gasteiger partial charge in [-0.3, -0.25) is 4.90 Å². The second-order valence-corrected chi connectivity index (χ2v) is 5.48. The highest BCUT2D eigenvalue weighted by atomic mass is 16.4. The minimum absolute atomic E-state index is 0.325. The first-order valence-corrected chi connectivity index (χ1v) is 6.88. The second kappa shape index (κ2) is 5.26. The molecule has 5 nitrogen and oxygen atoms in total. The number of fused-ring (bicyclic) bond motifs is 1. The van der Waals surface area contributed by atoms with E-state index < -0.39 is 5.97 Å². The van der Waals surface area contributed by atoms with Crippen LogP contribution in [0, 0.1) is 0 Å². The van der Waals surface area contributed by atoms with Gasteiger partial charge in [0.15, 0.2) is 0 Å². The Morgan fingerprint density at radius 3 is 2.70 bits per heavy atom. The molecule has 2 N–H and O–H groups in total. The lowest BCUT2D eigenvalue weighted by Gasteiger charge is -2.31. The van der Waals surface area contributed by atoms with Crippen LogP contribution in [-0.4, -0.2) is 59.1 Å². The Morgan fingerprint density at radius 2 is 2.00 bits per heavy atom. The summed E-state index contributed by atoms with van der Waals surface area (Å²) in [6.45, 7) is 5.25. The molecule has 0 spiro atoms. The van der Waals surface area contributed by atoms with Crippen LogP contribution in [0.4, 0.5) is 0 Å². The maximum atomic E-state index is 11.0. The van der Waals surface area contributed by atoms with Crippen molar-refractivity contribution in [3.05, 3.63) is 35.5 Å². The van der Waals surface area contributed by atoms with Crippen LogP contribution in [0.25, 0.3) is 10.9 Å². The molecule has 0 radical (unpaired) electrons. The Kier molecular flexibility index (Phi) is 3.46. The van der Waals surface area contributed by atoms with Gasteiger partial charge in [-0.15, -0.1) is 0 Å². The van der Waals surface area contributed by atoms with Gasteiger partial charge in [-0.25, -0.2) is 4.79 Å². The quantitative estimate of drug-likeness (QED) is 0.892. The Balaban J connectivity index is 1.77. The van der Waals surface area contributed by atoms with E-state index in [9.17, 15) is 4.79 Å². The maximum absolute atomic E-state index is 11.0. The van der Waals surface area contributed by atoms with Gasteiger partial charge >= 0.3 is 5.97 Å². The number of carbonyl (C=O) groups is 1. The largest absolute Gasteiger partial charge is 0.478 e. The summed E-state index contributed by atoms with van der Waals surface area (Å²) < 4.78 is 0. The third-order valence-corrected chi connectivity index (χ3v) is 3.92. The van der Waals surface area contributed by atoms with E-state index in [1.54, 1.807) is 12.1 Å². The molecule has 106 valence electrons. The number of hydrogen-bond acceptors (Lipinski definition) is 3. The lowest BCUT2D eigenvalue weighted by Crippen LogP contribution is -2.43. The van der Waals surface area contributed by atoms with Gasteiger partial charge in [-0.1, -0.05) is 6.07 Å². The van der Waals surface area contributed by atoms with Crippen LogP contribution in [0.15, 0.2) is 24.3 Å². The van der Waals surface area contributed by atoms with Crippen LogP contribution in [-0.2, 0) is 6.54 Å². The fraction of sp³-hybridized carbons (Fsp3) is 0.400. The molecule has 1 aromatic carbocycles. The number of likely N-dealkylation sites (N-methyl/N-ethyl adjacent to an activating group) is 1. The van der Waals surface area contributed by atoms with E-state index in [2.05, 4.69) is 27.9 Å². The van der Waals surface area contributed by atoms with Gasteiger partial charge in [0, 0.05) is 43.9 Å². The Labute approximate surface area is 117 Å². The van der Waals surface area contributed by atoms with E-state index in [0.717, 1.165) is 49.3 Å². The highest BCUT2D eigenvalue weighted by Gasteiger charge is 2.15. The van der Waals surface area contributed by atoms with E-state index >= 15 is 0 Å². The summed E-state index contributed by atoms with van der Waals surface area (Å²) in [4.78, 5) is 19.1. The lowest BCUT2D eigenvalue weighted by molar-refractivity contribution is 0.0697. The molecule has 3 rings (SSSR count). The predicted molar refractivity (Wildman–Crippen MR) is 78.0 cm³/mol. The number of nitrogens with zero attached hydrogens (tertiary/aromatic N) is 2. The van der Waals surface area contributed by atoms with Crippen molar-refractivity contribution in [1.82, 2.24) is 14.8 Å². The fourth-order valence-corrected chi connectivity index (χ4v) is 2.65. The molecule has 2 aromatic rings. The lowest BCUT2D eigenvalue weighted by atomic mass is 10.1. The van der Waals surface area contributed by atoms with Gasteiger partial charge in [-0.2, -0.15) is 0 Å². The zero-order valence-corrected chi connectivity index (χ0v) is 11.6. The third-order valence-electron chi connectivity index (χ3n) is 3.92.